The standard InChI is InChI=1S/C40H58/c1-31(19-13-21-33(3)25-27-37-35(5)23-15-29-39(37,7)8)17-11-12-18-32(2)20-14-22-34(4)26-28-38-36(6)24-16-30-40(38,9)10/h11-12,14,17-20,22,25-28,36H,3,13,15-16,21,23-24,29-30H2,1-2,4-10H3/b17-11+,18-12+,22-14+,27-25-,31-19+,32-20+,34-26+,38-28+. The Kier molecular flexibility index (Phi) is 13.4. The smallest absolute Gasteiger partial charge is 0.0104 e. The SMILES string of the molecule is C=C(/C=C\C1=C(C)CCCC1(C)C)CC/C=C(C)/C=C/C=C/C(C)=C/C=C/C(C)=C/C=C1\C(C)CCCC1(C)C. The molecule has 2 rings (SSSR count). The van der Waals surface area contributed by atoms with Crippen LogP contribution < -0.4 is 0 Å². The van der Waals surface area contributed by atoms with Crippen LogP contribution in [0, 0.1) is 16.7 Å². The van der Waals surface area contributed by atoms with Crippen LogP contribution in [0.5, 0.6) is 0 Å². The summed E-state index contributed by atoms with van der Waals surface area (Å²) in [5.41, 5.74) is 10.3. The molecule has 2 aliphatic rings. The quantitative estimate of drug-likeness (QED) is 0.229. The van der Waals surface area contributed by atoms with Gasteiger partial charge in [0.1, 0.15) is 0 Å². The number of rotatable bonds is 11. The molecule has 218 valence electrons. The molecule has 0 N–H and O–H groups in total. The van der Waals surface area contributed by atoms with Crippen molar-refractivity contribution in [2.75, 3.05) is 0 Å². The van der Waals surface area contributed by atoms with E-state index < -0.39 is 0 Å². The highest BCUT2D eigenvalue weighted by molar-refractivity contribution is 5.36. The lowest BCUT2D eigenvalue weighted by molar-refractivity contribution is 0.290. The van der Waals surface area contributed by atoms with Crippen LogP contribution in [0.4, 0.5) is 0 Å². The highest BCUT2D eigenvalue weighted by atomic mass is 14.4. The summed E-state index contributed by atoms with van der Waals surface area (Å²) in [6.45, 7) is 25.0. The molecule has 0 aromatic rings. The van der Waals surface area contributed by atoms with Crippen LogP contribution in [0.3, 0.4) is 0 Å². The molecule has 0 aromatic carbocycles. The fourth-order valence-electron chi connectivity index (χ4n) is 6.15. The van der Waals surface area contributed by atoms with Gasteiger partial charge < -0.3 is 0 Å². The second kappa shape index (κ2) is 16.0. The van der Waals surface area contributed by atoms with Gasteiger partial charge in [-0.1, -0.05) is 154 Å². The minimum absolute atomic E-state index is 0.288. The first-order valence-electron chi connectivity index (χ1n) is 15.6. The van der Waals surface area contributed by atoms with Crippen LogP contribution in [0.15, 0.2) is 119 Å². The van der Waals surface area contributed by atoms with E-state index in [1.165, 1.54) is 66.4 Å². The molecule has 1 fully saturated rings. The normalized spacial score (nSPS) is 24.0. The largest absolute Gasteiger partial charge is 0.0958 e. The highest BCUT2D eigenvalue weighted by Gasteiger charge is 2.30. The second-order valence-corrected chi connectivity index (χ2v) is 13.6. The van der Waals surface area contributed by atoms with Crippen molar-refractivity contribution in [3.63, 3.8) is 0 Å². The average Bonchev–Trinajstić information content (AvgIpc) is 2.85. The van der Waals surface area contributed by atoms with Gasteiger partial charge >= 0.3 is 0 Å². The predicted octanol–water partition coefficient (Wildman–Crippen LogP) is 12.7. The third-order valence-electron chi connectivity index (χ3n) is 8.78. The summed E-state index contributed by atoms with van der Waals surface area (Å²) >= 11 is 0. The second-order valence-electron chi connectivity index (χ2n) is 13.6. The summed E-state index contributed by atoms with van der Waals surface area (Å²) in [6.07, 6.45) is 36.5. The van der Waals surface area contributed by atoms with Gasteiger partial charge in [-0.25, -0.2) is 0 Å². The Morgan fingerprint density at radius 3 is 2.12 bits per heavy atom. The Labute approximate surface area is 248 Å². The van der Waals surface area contributed by atoms with Gasteiger partial charge in [0.25, 0.3) is 0 Å². The summed E-state index contributed by atoms with van der Waals surface area (Å²) < 4.78 is 0. The van der Waals surface area contributed by atoms with Crippen molar-refractivity contribution in [3.05, 3.63) is 119 Å². The van der Waals surface area contributed by atoms with Crippen molar-refractivity contribution in [2.24, 2.45) is 16.7 Å². The lowest BCUT2D eigenvalue weighted by atomic mass is 9.68. The maximum Gasteiger partial charge on any atom is -0.0104 e. The molecule has 0 spiro atoms. The third kappa shape index (κ3) is 11.5. The summed E-state index contributed by atoms with van der Waals surface area (Å²) in [7, 11) is 0. The molecule has 0 bridgehead atoms. The van der Waals surface area contributed by atoms with Gasteiger partial charge in [0, 0.05) is 0 Å². The van der Waals surface area contributed by atoms with E-state index in [-0.39, 0.29) is 5.41 Å². The highest BCUT2D eigenvalue weighted by Crippen LogP contribution is 2.43. The lowest BCUT2D eigenvalue weighted by Crippen LogP contribution is -2.24. The van der Waals surface area contributed by atoms with E-state index in [1.807, 2.05) is 0 Å². The van der Waals surface area contributed by atoms with Gasteiger partial charge in [-0.05, 0) is 95.0 Å². The van der Waals surface area contributed by atoms with Gasteiger partial charge in [-0.15, -0.1) is 0 Å². The molecule has 2 aliphatic carbocycles. The van der Waals surface area contributed by atoms with E-state index in [0.717, 1.165) is 12.8 Å². The molecule has 1 saturated carbocycles. The van der Waals surface area contributed by atoms with Crippen LogP contribution in [0.1, 0.15) is 114 Å². The predicted molar refractivity (Wildman–Crippen MR) is 181 cm³/mol. The summed E-state index contributed by atoms with van der Waals surface area (Å²) in [5.74, 6) is 0.693. The summed E-state index contributed by atoms with van der Waals surface area (Å²) in [6, 6.07) is 0. The topological polar surface area (TPSA) is 0 Å². The average molecular weight is 539 g/mol. The first kappa shape index (κ1) is 33.6. The molecular formula is C40H58. The maximum absolute atomic E-state index is 4.29. The van der Waals surface area contributed by atoms with E-state index in [2.05, 4.69) is 142 Å². The zero-order valence-electron chi connectivity index (χ0n) is 27.4. The molecule has 0 nitrogen and oxygen atoms in total. The minimum atomic E-state index is 0.288. The number of allylic oxidation sites excluding steroid dienone is 19. The molecule has 40 heavy (non-hydrogen) atoms. The van der Waals surface area contributed by atoms with Gasteiger partial charge in [-0.2, -0.15) is 0 Å². The molecular weight excluding hydrogens is 480 g/mol. The van der Waals surface area contributed by atoms with Crippen molar-refractivity contribution in [1.82, 2.24) is 0 Å². The van der Waals surface area contributed by atoms with E-state index in [9.17, 15) is 0 Å². The van der Waals surface area contributed by atoms with Gasteiger partial charge in [0.2, 0.25) is 0 Å². The van der Waals surface area contributed by atoms with Crippen molar-refractivity contribution >= 4 is 0 Å². The number of hydrogen-bond acceptors (Lipinski definition) is 0. The summed E-state index contributed by atoms with van der Waals surface area (Å²) in [5, 5.41) is 0. The Morgan fingerprint density at radius 1 is 0.825 bits per heavy atom. The molecule has 0 heterocycles. The molecule has 0 radical (unpaired) electrons. The first-order chi connectivity index (χ1) is 18.8. The molecule has 1 unspecified atom stereocenters. The van der Waals surface area contributed by atoms with E-state index in [1.54, 1.807) is 11.1 Å². The Bertz CT molecular complexity index is 1140. The first-order valence-corrected chi connectivity index (χ1v) is 15.6. The third-order valence-corrected chi connectivity index (χ3v) is 8.78. The zero-order chi connectivity index (χ0) is 29.8. The van der Waals surface area contributed by atoms with Crippen LogP contribution in [-0.2, 0) is 0 Å². The van der Waals surface area contributed by atoms with Crippen molar-refractivity contribution in [3.8, 4) is 0 Å². The summed E-state index contributed by atoms with van der Waals surface area (Å²) in [4.78, 5) is 0. The van der Waals surface area contributed by atoms with Crippen LogP contribution >= 0.6 is 0 Å². The van der Waals surface area contributed by atoms with E-state index in [4.69, 9.17) is 0 Å². The molecule has 1 atom stereocenters. The van der Waals surface area contributed by atoms with Crippen LogP contribution in [0.25, 0.3) is 0 Å². The van der Waals surface area contributed by atoms with E-state index in [0.29, 0.717) is 11.3 Å². The van der Waals surface area contributed by atoms with Gasteiger partial charge in [0.05, 0.1) is 0 Å². The fourth-order valence-corrected chi connectivity index (χ4v) is 6.15. The Morgan fingerprint density at radius 2 is 1.45 bits per heavy atom. The number of hydrogen-bond donors (Lipinski definition) is 0. The van der Waals surface area contributed by atoms with Gasteiger partial charge in [0.15, 0.2) is 0 Å². The molecule has 0 saturated heterocycles. The minimum Gasteiger partial charge on any atom is -0.0958 e. The monoisotopic (exact) mass is 538 g/mol. The molecule has 0 aliphatic heterocycles. The Balaban J connectivity index is 1.81. The zero-order valence-corrected chi connectivity index (χ0v) is 27.4. The fraction of sp³-hybridized carbons (Fsp3) is 0.500. The van der Waals surface area contributed by atoms with Gasteiger partial charge in [-0.3, -0.25) is 0 Å². The molecule has 0 heteroatoms. The van der Waals surface area contributed by atoms with Crippen LogP contribution in [-0.4, -0.2) is 0 Å². The maximum atomic E-state index is 4.29. The van der Waals surface area contributed by atoms with Crippen molar-refractivity contribution in [1.29, 1.82) is 0 Å². The Hall–Kier alpha value is -2.60. The van der Waals surface area contributed by atoms with Crippen molar-refractivity contribution < 1.29 is 0 Å². The van der Waals surface area contributed by atoms with Crippen molar-refractivity contribution in [2.45, 2.75) is 114 Å². The van der Waals surface area contributed by atoms with E-state index >= 15 is 0 Å². The molecule has 0 amide bonds. The molecule has 0 aromatic heterocycles. The van der Waals surface area contributed by atoms with Crippen LogP contribution in [0.2, 0.25) is 0 Å². The lowest BCUT2D eigenvalue weighted by Gasteiger charge is -2.37.